The van der Waals surface area contributed by atoms with Gasteiger partial charge < -0.3 is 4.74 Å². The van der Waals surface area contributed by atoms with Crippen molar-refractivity contribution in [1.29, 1.82) is 0 Å². The van der Waals surface area contributed by atoms with Gasteiger partial charge in [0, 0.05) is 18.0 Å². The number of rotatable bonds is 5. The molecule has 0 N–H and O–H groups in total. The van der Waals surface area contributed by atoms with E-state index < -0.39 is 0 Å². The standard InChI is InChI=1S/C28H29FN4O2/c1-17-6-4-7-22(29)26(17)20-11-9-19(10-12-20)21-14-23-27(32-18(2)15-31-23)33(28(21)34)16-24-25(35-3)8-5-13-30-24/h4-8,13-15,19-20H,9-12,16H2,1-3H3. The third-order valence-corrected chi connectivity index (χ3v) is 7.16. The fourth-order valence-corrected chi connectivity index (χ4v) is 5.41. The lowest BCUT2D eigenvalue weighted by Gasteiger charge is -2.30. The van der Waals surface area contributed by atoms with Gasteiger partial charge in [0.05, 0.1) is 19.3 Å². The topological polar surface area (TPSA) is 69.9 Å². The molecule has 1 fully saturated rings. The number of pyridine rings is 2. The lowest BCUT2D eigenvalue weighted by molar-refractivity contribution is 0.383. The molecule has 0 saturated heterocycles. The molecule has 7 heteroatoms. The SMILES string of the molecule is COc1cccnc1Cn1c(=O)c(C2CCC(c3c(C)cccc3F)CC2)cc2ncc(C)nc21. The first-order valence-corrected chi connectivity index (χ1v) is 12.1. The zero-order chi connectivity index (χ0) is 24.5. The molecule has 5 rings (SSSR count). The Balaban J connectivity index is 1.51. The Bertz CT molecular complexity index is 1420. The molecular formula is C28H29FN4O2. The van der Waals surface area contributed by atoms with Crippen LogP contribution in [0.1, 0.15) is 65.6 Å². The van der Waals surface area contributed by atoms with Crippen molar-refractivity contribution in [3.63, 3.8) is 0 Å². The predicted octanol–water partition coefficient (Wildman–Crippen LogP) is 5.44. The summed E-state index contributed by atoms with van der Waals surface area (Å²) in [6.07, 6.45) is 6.75. The van der Waals surface area contributed by atoms with Gasteiger partial charge in [-0.25, -0.2) is 9.37 Å². The lowest BCUT2D eigenvalue weighted by atomic mass is 9.75. The number of hydrogen-bond donors (Lipinski definition) is 0. The van der Waals surface area contributed by atoms with E-state index in [0.717, 1.165) is 48.1 Å². The minimum atomic E-state index is -0.128. The maximum atomic E-state index is 14.6. The van der Waals surface area contributed by atoms with Gasteiger partial charge in [0.15, 0.2) is 5.65 Å². The number of methoxy groups -OCH3 is 1. The van der Waals surface area contributed by atoms with E-state index in [1.54, 1.807) is 42.3 Å². The van der Waals surface area contributed by atoms with Crippen molar-refractivity contribution >= 4 is 11.2 Å². The molecule has 1 aromatic carbocycles. The minimum absolute atomic E-state index is 0.0735. The van der Waals surface area contributed by atoms with Crippen LogP contribution in [-0.4, -0.2) is 26.6 Å². The highest BCUT2D eigenvalue weighted by Gasteiger charge is 2.29. The summed E-state index contributed by atoms with van der Waals surface area (Å²) in [6, 6.07) is 10.8. The average Bonchev–Trinajstić information content (AvgIpc) is 2.86. The van der Waals surface area contributed by atoms with Gasteiger partial charge in [-0.3, -0.25) is 19.3 Å². The summed E-state index contributed by atoms with van der Waals surface area (Å²) in [5.74, 6) is 0.765. The van der Waals surface area contributed by atoms with Crippen LogP contribution in [0.25, 0.3) is 11.2 Å². The largest absolute Gasteiger partial charge is 0.495 e. The molecular weight excluding hydrogens is 443 g/mol. The monoisotopic (exact) mass is 472 g/mol. The van der Waals surface area contributed by atoms with Gasteiger partial charge in [-0.1, -0.05) is 12.1 Å². The van der Waals surface area contributed by atoms with Crippen LogP contribution in [-0.2, 0) is 6.54 Å². The van der Waals surface area contributed by atoms with Crippen molar-refractivity contribution in [3.8, 4) is 5.75 Å². The zero-order valence-electron chi connectivity index (χ0n) is 20.3. The fraction of sp³-hybridized carbons (Fsp3) is 0.357. The first-order valence-electron chi connectivity index (χ1n) is 12.1. The van der Waals surface area contributed by atoms with E-state index in [1.165, 1.54) is 0 Å². The van der Waals surface area contributed by atoms with E-state index in [9.17, 15) is 9.18 Å². The Kier molecular flexibility index (Phi) is 6.32. The van der Waals surface area contributed by atoms with Crippen molar-refractivity contribution in [2.45, 2.75) is 57.9 Å². The molecule has 35 heavy (non-hydrogen) atoms. The van der Waals surface area contributed by atoms with Crippen LogP contribution in [0.3, 0.4) is 0 Å². The first-order chi connectivity index (χ1) is 17.0. The summed E-state index contributed by atoms with van der Waals surface area (Å²) in [5.41, 5.74) is 5.13. The molecule has 0 unspecified atom stereocenters. The number of aromatic nitrogens is 4. The number of fused-ring (bicyclic) bond motifs is 1. The summed E-state index contributed by atoms with van der Waals surface area (Å²) in [5, 5.41) is 0. The van der Waals surface area contributed by atoms with Gasteiger partial charge in [-0.05, 0) is 86.8 Å². The van der Waals surface area contributed by atoms with E-state index in [-0.39, 0.29) is 29.8 Å². The van der Waals surface area contributed by atoms with Crippen molar-refractivity contribution in [2.75, 3.05) is 7.11 Å². The quantitative estimate of drug-likeness (QED) is 0.387. The highest BCUT2D eigenvalue weighted by atomic mass is 19.1. The molecule has 0 atom stereocenters. The third-order valence-electron chi connectivity index (χ3n) is 7.16. The second-order valence-corrected chi connectivity index (χ2v) is 9.38. The first kappa shape index (κ1) is 23.1. The Morgan fingerprint density at radius 1 is 1.06 bits per heavy atom. The van der Waals surface area contributed by atoms with Gasteiger partial charge in [0.25, 0.3) is 5.56 Å². The number of hydrogen-bond acceptors (Lipinski definition) is 5. The highest BCUT2D eigenvalue weighted by Crippen LogP contribution is 2.41. The number of halogens is 1. The average molecular weight is 473 g/mol. The molecule has 3 heterocycles. The Labute approximate surface area is 203 Å². The second kappa shape index (κ2) is 9.56. The maximum absolute atomic E-state index is 14.6. The minimum Gasteiger partial charge on any atom is -0.495 e. The van der Waals surface area contributed by atoms with Gasteiger partial charge in [-0.2, -0.15) is 0 Å². The van der Waals surface area contributed by atoms with Gasteiger partial charge in [0.2, 0.25) is 0 Å². The normalized spacial score (nSPS) is 18.1. The molecule has 1 saturated carbocycles. The molecule has 180 valence electrons. The zero-order valence-corrected chi connectivity index (χ0v) is 20.3. The van der Waals surface area contributed by atoms with Crippen LogP contribution >= 0.6 is 0 Å². The van der Waals surface area contributed by atoms with Gasteiger partial charge in [0.1, 0.15) is 22.8 Å². The van der Waals surface area contributed by atoms with Crippen LogP contribution < -0.4 is 10.3 Å². The molecule has 0 aliphatic heterocycles. The van der Waals surface area contributed by atoms with Crippen molar-refractivity contribution in [2.24, 2.45) is 0 Å². The summed E-state index contributed by atoms with van der Waals surface area (Å²) in [7, 11) is 1.59. The number of aryl methyl sites for hydroxylation is 2. The van der Waals surface area contributed by atoms with Crippen LogP contribution in [0.5, 0.6) is 5.75 Å². The van der Waals surface area contributed by atoms with Gasteiger partial charge >= 0.3 is 0 Å². The van der Waals surface area contributed by atoms with E-state index in [4.69, 9.17) is 4.74 Å². The Hall–Kier alpha value is -3.61. The van der Waals surface area contributed by atoms with Crippen molar-refractivity contribution < 1.29 is 9.13 Å². The summed E-state index contributed by atoms with van der Waals surface area (Å²) < 4.78 is 21.7. The summed E-state index contributed by atoms with van der Waals surface area (Å²) in [6.45, 7) is 4.08. The Morgan fingerprint density at radius 2 is 1.83 bits per heavy atom. The molecule has 0 amide bonds. The van der Waals surface area contributed by atoms with E-state index >= 15 is 0 Å². The van der Waals surface area contributed by atoms with E-state index in [1.807, 2.05) is 32.0 Å². The molecule has 1 aliphatic rings. The summed E-state index contributed by atoms with van der Waals surface area (Å²) >= 11 is 0. The smallest absolute Gasteiger partial charge is 0.256 e. The molecule has 6 nitrogen and oxygen atoms in total. The number of benzene rings is 1. The number of nitrogens with zero attached hydrogens (tertiary/aromatic N) is 4. The van der Waals surface area contributed by atoms with Crippen LogP contribution in [0, 0.1) is 19.7 Å². The van der Waals surface area contributed by atoms with Gasteiger partial charge in [-0.15, -0.1) is 0 Å². The predicted molar refractivity (Wildman–Crippen MR) is 134 cm³/mol. The van der Waals surface area contributed by atoms with Crippen LogP contribution in [0.2, 0.25) is 0 Å². The van der Waals surface area contributed by atoms with Crippen molar-refractivity contribution in [3.05, 3.63) is 93.0 Å². The van der Waals surface area contributed by atoms with E-state index in [2.05, 4.69) is 15.0 Å². The molecule has 3 aromatic heterocycles. The Morgan fingerprint density at radius 3 is 2.57 bits per heavy atom. The number of ether oxygens (including phenoxy) is 1. The van der Waals surface area contributed by atoms with Crippen molar-refractivity contribution in [1.82, 2.24) is 19.5 Å². The lowest BCUT2D eigenvalue weighted by Crippen LogP contribution is -2.29. The molecule has 0 spiro atoms. The van der Waals surface area contributed by atoms with Crippen LogP contribution in [0.15, 0.2) is 53.6 Å². The highest BCUT2D eigenvalue weighted by molar-refractivity contribution is 5.71. The third kappa shape index (κ3) is 4.43. The molecule has 1 aliphatic carbocycles. The molecule has 0 radical (unpaired) electrons. The van der Waals surface area contributed by atoms with E-state index in [0.29, 0.717) is 22.6 Å². The second-order valence-electron chi connectivity index (χ2n) is 9.38. The molecule has 4 aromatic rings. The summed E-state index contributed by atoms with van der Waals surface area (Å²) in [4.78, 5) is 27.5. The van der Waals surface area contributed by atoms with Crippen LogP contribution in [0.4, 0.5) is 4.39 Å². The molecule has 0 bridgehead atoms. The fourth-order valence-electron chi connectivity index (χ4n) is 5.41. The maximum Gasteiger partial charge on any atom is 0.256 e.